The normalized spacial score (nSPS) is 21.7. The fourth-order valence-corrected chi connectivity index (χ4v) is 3.56. The molecule has 4 rings (SSSR count). The highest BCUT2D eigenvalue weighted by atomic mass is 35.5. The van der Waals surface area contributed by atoms with E-state index in [2.05, 4.69) is 33.3 Å². The first kappa shape index (κ1) is 14.7. The van der Waals surface area contributed by atoms with E-state index in [0.29, 0.717) is 12.0 Å². The van der Waals surface area contributed by atoms with Crippen LogP contribution in [0.15, 0.2) is 36.5 Å². The lowest BCUT2D eigenvalue weighted by Crippen LogP contribution is -2.35. The number of rotatable bonds is 2. The van der Waals surface area contributed by atoms with Crippen LogP contribution in [0.2, 0.25) is 5.02 Å². The van der Waals surface area contributed by atoms with E-state index < -0.39 is 0 Å². The number of benzene rings is 1. The molecule has 2 atom stereocenters. The molecule has 2 N–H and O–H groups in total. The van der Waals surface area contributed by atoms with E-state index in [1.54, 1.807) is 0 Å². The van der Waals surface area contributed by atoms with E-state index in [1.165, 1.54) is 0 Å². The summed E-state index contributed by atoms with van der Waals surface area (Å²) in [5.74, 6) is 1.54. The maximum atomic E-state index is 6.28. The molecule has 2 unspecified atom stereocenters. The van der Waals surface area contributed by atoms with Crippen LogP contribution in [-0.4, -0.2) is 27.5 Å². The van der Waals surface area contributed by atoms with Crippen molar-refractivity contribution < 1.29 is 0 Å². The molecule has 5 heteroatoms. The molecule has 0 amide bonds. The van der Waals surface area contributed by atoms with Gasteiger partial charge in [-0.1, -0.05) is 29.8 Å². The Bertz CT molecular complexity index is 797. The molecule has 0 aliphatic carbocycles. The standard InChI is InChI=1S/C18H19ClN4/c1-11-8-12(6-7-20-11)18-21-10-17-16(23-18)9-15(22-17)13-4-2-3-5-14(13)19/h2-5,9-12,20H,6-8H2,1H3,(H,21,23). The summed E-state index contributed by atoms with van der Waals surface area (Å²) < 4.78 is 0. The second kappa shape index (κ2) is 5.95. The molecular weight excluding hydrogens is 308 g/mol. The monoisotopic (exact) mass is 326 g/mol. The molecule has 4 nitrogen and oxygen atoms in total. The molecule has 3 aliphatic heterocycles. The predicted molar refractivity (Wildman–Crippen MR) is 92.9 cm³/mol. The Kier molecular flexibility index (Phi) is 3.79. The molecule has 1 fully saturated rings. The predicted octanol–water partition coefficient (Wildman–Crippen LogP) is 4.09. The molecule has 0 radical (unpaired) electrons. The van der Waals surface area contributed by atoms with E-state index in [9.17, 15) is 0 Å². The summed E-state index contributed by atoms with van der Waals surface area (Å²) in [5, 5.41) is 4.20. The van der Waals surface area contributed by atoms with Gasteiger partial charge in [0.1, 0.15) is 11.5 Å². The Morgan fingerprint density at radius 2 is 2.09 bits per heavy atom. The quantitative estimate of drug-likeness (QED) is 0.746. The Hall–Kier alpha value is -1.91. The van der Waals surface area contributed by atoms with Gasteiger partial charge < -0.3 is 10.3 Å². The van der Waals surface area contributed by atoms with Gasteiger partial charge in [-0.3, -0.25) is 0 Å². The van der Waals surface area contributed by atoms with Gasteiger partial charge in [-0.15, -0.1) is 0 Å². The summed E-state index contributed by atoms with van der Waals surface area (Å²) in [6, 6.07) is 10.4. The van der Waals surface area contributed by atoms with Crippen LogP contribution in [0.3, 0.4) is 0 Å². The zero-order valence-electron chi connectivity index (χ0n) is 13.0. The van der Waals surface area contributed by atoms with Crippen LogP contribution in [0.4, 0.5) is 0 Å². The third-order valence-electron chi connectivity index (χ3n) is 4.55. The zero-order valence-corrected chi connectivity index (χ0v) is 13.8. The van der Waals surface area contributed by atoms with Crippen molar-refractivity contribution in [3.63, 3.8) is 0 Å². The zero-order chi connectivity index (χ0) is 15.8. The van der Waals surface area contributed by atoms with Gasteiger partial charge in [-0.25, -0.2) is 9.97 Å². The Morgan fingerprint density at radius 1 is 1.22 bits per heavy atom. The summed E-state index contributed by atoms with van der Waals surface area (Å²) in [4.78, 5) is 12.8. The topological polar surface area (TPSA) is 53.6 Å². The molecule has 23 heavy (non-hydrogen) atoms. The molecule has 0 saturated carbocycles. The first-order valence-corrected chi connectivity index (χ1v) is 8.42. The minimum Gasteiger partial charge on any atom is -0.342 e. The van der Waals surface area contributed by atoms with E-state index >= 15 is 0 Å². The first-order chi connectivity index (χ1) is 11.2. The molecule has 0 spiro atoms. The third kappa shape index (κ3) is 2.84. The second-order valence-corrected chi connectivity index (χ2v) is 6.67. The molecule has 118 valence electrons. The van der Waals surface area contributed by atoms with E-state index in [1.807, 2.05) is 30.5 Å². The Morgan fingerprint density at radius 3 is 2.91 bits per heavy atom. The number of H-pyrrole nitrogens is 1. The maximum absolute atomic E-state index is 6.28. The SMILES string of the molecule is CC1CC(c2ncc3nc(-c4ccccc4Cl)cc-3[nH]2)CCN1. The lowest BCUT2D eigenvalue weighted by Gasteiger charge is -2.27. The average molecular weight is 327 g/mol. The lowest BCUT2D eigenvalue weighted by atomic mass is 9.92. The van der Waals surface area contributed by atoms with Crippen LogP contribution >= 0.6 is 11.6 Å². The minimum atomic E-state index is 0.481. The van der Waals surface area contributed by atoms with Gasteiger partial charge in [0, 0.05) is 22.5 Å². The summed E-state index contributed by atoms with van der Waals surface area (Å²) >= 11 is 6.28. The highest BCUT2D eigenvalue weighted by Gasteiger charge is 2.23. The van der Waals surface area contributed by atoms with Gasteiger partial charge in [0.15, 0.2) is 0 Å². The van der Waals surface area contributed by atoms with Gasteiger partial charge in [0.25, 0.3) is 0 Å². The van der Waals surface area contributed by atoms with E-state index in [-0.39, 0.29) is 0 Å². The average Bonchev–Trinajstić information content (AvgIpc) is 2.98. The van der Waals surface area contributed by atoms with Crippen LogP contribution in [-0.2, 0) is 0 Å². The smallest absolute Gasteiger partial charge is 0.109 e. The minimum absolute atomic E-state index is 0.481. The van der Waals surface area contributed by atoms with Gasteiger partial charge >= 0.3 is 0 Å². The van der Waals surface area contributed by atoms with Crippen LogP contribution < -0.4 is 5.32 Å². The number of piperidine rings is 1. The molecule has 3 heterocycles. The van der Waals surface area contributed by atoms with Crippen molar-refractivity contribution in [3.05, 3.63) is 47.4 Å². The Balaban J connectivity index is 1.70. The van der Waals surface area contributed by atoms with Crippen molar-refractivity contribution in [1.82, 2.24) is 20.3 Å². The number of nitrogens with one attached hydrogen (secondary N) is 2. The van der Waals surface area contributed by atoms with E-state index in [4.69, 9.17) is 11.6 Å². The van der Waals surface area contributed by atoms with Crippen molar-refractivity contribution >= 4 is 11.6 Å². The highest BCUT2D eigenvalue weighted by molar-refractivity contribution is 6.33. The van der Waals surface area contributed by atoms with Crippen LogP contribution in [0.1, 0.15) is 31.5 Å². The Labute approximate surface area is 140 Å². The molecule has 1 aromatic rings. The molecule has 1 saturated heterocycles. The highest BCUT2D eigenvalue weighted by Crippen LogP contribution is 2.33. The summed E-state index contributed by atoms with van der Waals surface area (Å²) in [6.07, 6.45) is 4.10. The van der Waals surface area contributed by atoms with Crippen LogP contribution in [0.25, 0.3) is 22.6 Å². The van der Waals surface area contributed by atoms with Crippen molar-refractivity contribution in [2.45, 2.75) is 31.7 Å². The number of halogens is 1. The van der Waals surface area contributed by atoms with Crippen molar-refractivity contribution in [2.75, 3.05) is 6.54 Å². The maximum Gasteiger partial charge on any atom is 0.109 e. The van der Waals surface area contributed by atoms with E-state index in [0.717, 1.165) is 52.9 Å². The summed E-state index contributed by atoms with van der Waals surface area (Å²) in [7, 11) is 0. The molecular formula is C18H19ClN4. The number of fused-ring (bicyclic) bond motifs is 1. The van der Waals surface area contributed by atoms with Gasteiger partial charge in [0.2, 0.25) is 0 Å². The molecule has 0 aromatic heterocycles. The molecule has 0 bridgehead atoms. The molecule has 3 aliphatic rings. The summed E-state index contributed by atoms with van der Waals surface area (Å²) in [6.45, 7) is 3.27. The number of nitrogens with zero attached hydrogens (tertiary/aromatic N) is 2. The van der Waals surface area contributed by atoms with Crippen molar-refractivity contribution in [2.24, 2.45) is 0 Å². The number of hydrogen-bond acceptors (Lipinski definition) is 3. The fraction of sp³-hybridized carbons (Fsp3) is 0.333. The van der Waals surface area contributed by atoms with Gasteiger partial charge in [-0.05, 0) is 38.4 Å². The molecule has 1 aromatic carbocycles. The largest absolute Gasteiger partial charge is 0.342 e. The third-order valence-corrected chi connectivity index (χ3v) is 4.88. The number of aromatic nitrogens is 3. The van der Waals surface area contributed by atoms with Crippen LogP contribution in [0, 0.1) is 0 Å². The number of aromatic amines is 1. The van der Waals surface area contributed by atoms with Crippen LogP contribution in [0.5, 0.6) is 0 Å². The fourth-order valence-electron chi connectivity index (χ4n) is 3.33. The number of hydrogen-bond donors (Lipinski definition) is 2. The lowest BCUT2D eigenvalue weighted by molar-refractivity contribution is 0.371. The second-order valence-electron chi connectivity index (χ2n) is 6.27. The summed E-state index contributed by atoms with van der Waals surface area (Å²) in [5.41, 5.74) is 3.75. The van der Waals surface area contributed by atoms with Crippen molar-refractivity contribution in [1.29, 1.82) is 0 Å². The van der Waals surface area contributed by atoms with Gasteiger partial charge in [0.05, 0.1) is 17.6 Å². The first-order valence-electron chi connectivity index (χ1n) is 8.04. The van der Waals surface area contributed by atoms with Crippen molar-refractivity contribution in [3.8, 4) is 22.6 Å². The van der Waals surface area contributed by atoms with Gasteiger partial charge in [-0.2, -0.15) is 0 Å².